The van der Waals surface area contributed by atoms with E-state index in [4.69, 9.17) is 4.74 Å². The number of rotatable bonds is 5. The molecule has 0 bridgehead atoms. The second kappa shape index (κ2) is 7.21. The molecule has 0 saturated heterocycles. The molecule has 0 aliphatic carbocycles. The van der Waals surface area contributed by atoms with Crippen LogP contribution in [0.4, 0.5) is 0 Å². The van der Waals surface area contributed by atoms with Gasteiger partial charge in [0.25, 0.3) is 0 Å². The van der Waals surface area contributed by atoms with Gasteiger partial charge in [-0.25, -0.2) is 0 Å². The second-order valence-electron chi connectivity index (χ2n) is 4.47. The summed E-state index contributed by atoms with van der Waals surface area (Å²) in [5, 5.41) is 2.41. The van der Waals surface area contributed by atoms with E-state index in [1.165, 1.54) is 10.6 Å². The summed E-state index contributed by atoms with van der Waals surface area (Å²) in [6, 6.07) is 20.4. The Kier molecular flexibility index (Phi) is 5.31. The van der Waals surface area contributed by atoms with Crippen LogP contribution in [0, 0.1) is 0 Å². The van der Waals surface area contributed by atoms with Gasteiger partial charge in [-0.05, 0) is 32.4 Å². The summed E-state index contributed by atoms with van der Waals surface area (Å²) in [5.74, 6) is -0.119. The Bertz CT molecular complexity index is 500. The molecule has 20 heavy (non-hydrogen) atoms. The molecule has 0 fully saturated rings. The Morgan fingerprint density at radius 1 is 1.00 bits per heavy atom. The van der Waals surface area contributed by atoms with E-state index in [0.29, 0.717) is 6.61 Å². The van der Waals surface area contributed by atoms with Gasteiger partial charge in [0.05, 0.1) is 12.3 Å². The van der Waals surface area contributed by atoms with Gasteiger partial charge in [-0.2, -0.15) is 0 Å². The van der Waals surface area contributed by atoms with Crippen LogP contribution in [-0.2, 0) is 9.53 Å². The van der Waals surface area contributed by atoms with Crippen LogP contribution in [0.15, 0.2) is 60.7 Å². The zero-order chi connectivity index (χ0) is 14.4. The van der Waals surface area contributed by atoms with E-state index in [0.717, 1.165) is 0 Å². The Morgan fingerprint density at radius 3 is 1.85 bits per heavy atom. The van der Waals surface area contributed by atoms with Gasteiger partial charge in [0.1, 0.15) is 0 Å². The van der Waals surface area contributed by atoms with Crippen LogP contribution in [-0.4, -0.2) is 18.2 Å². The molecule has 2 rings (SSSR count). The first kappa shape index (κ1) is 14.7. The van der Waals surface area contributed by atoms with Crippen LogP contribution >= 0.6 is 7.92 Å². The number of carbonyl (C=O) groups excluding carboxylic acids is 1. The monoisotopic (exact) mass is 286 g/mol. The van der Waals surface area contributed by atoms with E-state index in [1.54, 1.807) is 0 Å². The molecule has 1 unspecified atom stereocenters. The van der Waals surface area contributed by atoms with Gasteiger partial charge in [-0.15, -0.1) is 0 Å². The largest absolute Gasteiger partial charge is 0.465 e. The number of hydrogen-bond donors (Lipinski definition) is 0. The molecular weight excluding hydrogens is 267 g/mol. The van der Waals surface area contributed by atoms with Crippen molar-refractivity contribution in [2.45, 2.75) is 19.5 Å². The first-order chi connectivity index (χ1) is 9.74. The smallest absolute Gasteiger partial charge is 0.313 e. The summed E-state index contributed by atoms with van der Waals surface area (Å²) >= 11 is 0. The van der Waals surface area contributed by atoms with Crippen LogP contribution < -0.4 is 10.6 Å². The number of ether oxygens (including phenoxy) is 1. The van der Waals surface area contributed by atoms with E-state index in [1.807, 2.05) is 50.2 Å². The molecule has 1 atom stereocenters. The van der Waals surface area contributed by atoms with E-state index in [9.17, 15) is 4.79 Å². The topological polar surface area (TPSA) is 26.3 Å². The summed E-state index contributed by atoms with van der Waals surface area (Å²) in [6.45, 7) is 4.23. The molecule has 0 aliphatic rings. The average Bonchev–Trinajstić information content (AvgIpc) is 2.50. The maximum atomic E-state index is 12.1. The third-order valence-corrected chi connectivity index (χ3v) is 5.78. The molecule has 0 amide bonds. The van der Waals surface area contributed by atoms with Crippen LogP contribution in [0.1, 0.15) is 13.8 Å². The molecule has 104 valence electrons. The molecular formula is C17H19O2P. The first-order valence-corrected chi connectivity index (χ1v) is 8.21. The highest BCUT2D eigenvalue weighted by Gasteiger charge is 2.27. The van der Waals surface area contributed by atoms with Gasteiger partial charge in [0, 0.05) is 0 Å². The van der Waals surface area contributed by atoms with Crippen molar-refractivity contribution in [3.63, 3.8) is 0 Å². The lowest BCUT2D eigenvalue weighted by Crippen LogP contribution is -2.27. The van der Waals surface area contributed by atoms with Crippen molar-refractivity contribution in [3.8, 4) is 0 Å². The van der Waals surface area contributed by atoms with Crippen molar-refractivity contribution in [3.05, 3.63) is 60.7 Å². The maximum absolute atomic E-state index is 12.1. The highest BCUT2D eigenvalue weighted by molar-refractivity contribution is 7.74. The van der Waals surface area contributed by atoms with Gasteiger partial charge in [-0.3, -0.25) is 4.79 Å². The maximum Gasteiger partial charge on any atom is 0.313 e. The minimum atomic E-state index is -0.738. The van der Waals surface area contributed by atoms with Gasteiger partial charge in [-0.1, -0.05) is 60.7 Å². The SMILES string of the molecule is CCOC(=O)C(C)P(c1ccccc1)c1ccccc1. The molecule has 0 N–H and O–H groups in total. The van der Waals surface area contributed by atoms with Gasteiger partial charge >= 0.3 is 5.97 Å². The molecule has 2 aromatic carbocycles. The van der Waals surface area contributed by atoms with Crippen LogP contribution in [0.5, 0.6) is 0 Å². The summed E-state index contributed by atoms with van der Waals surface area (Å²) in [6.07, 6.45) is 0. The summed E-state index contributed by atoms with van der Waals surface area (Å²) in [7, 11) is -0.738. The minimum Gasteiger partial charge on any atom is -0.465 e. The van der Waals surface area contributed by atoms with E-state index in [2.05, 4.69) is 24.3 Å². The first-order valence-electron chi connectivity index (χ1n) is 6.80. The van der Waals surface area contributed by atoms with Crippen molar-refractivity contribution in [1.82, 2.24) is 0 Å². The third kappa shape index (κ3) is 3.46. The van der Waals surface area contributed by atoms with Crippen molar-refractivity contribution >= 4 is 24.5 Å². The molecule has 2 aromatic rings. The van der Waals surface area contributed by atoms with Crippen LogP contribution in [0.3, 0.4) is 0 Å². The Hall–Kier alpha value is -1.66. The van der Waals surface area contributed by atoms with E-state index < -0.39 is 7.92 Å². The highest BCUT2D eigenvalue weighted by Crippen LogP contribution is 2.39. The van der Waals surface area contributed by atoms with Crippen molar-refractivity contribution in [1.29, 1.82) is 0 Å². The molecule has 0 radical (unpaired) electrons. The fourth-order valence-corrected chi connectivity index (χ4v) is 4.61. The summed E-state index contributed by atoms with van der Waals surface area (Å²) < 4.78 is 5.20. The molecule has 0 aliphatic heterocycles. The Labute approximate surface area is 121 Å². The minimum absolute atomic E-state index is 0.119. The van der Waals surface area contributed by atoms with Crippen molar-refractivity contribution in [2.24, 2.45) is 0 Å². The highest BCUT2D eigenvalue weighted by atomic mass is 31.1. The Balaban J connectivity index is 2.37. The van der Waals surface area contributed by atoms with Gasteiger partial charge in [0.2, 0.25) is 0 Å². The number of hydrogen-bond acceptors (Lipinski definition) is 2. The zero-order valence-electron chi connectivity index (χ0n) is 11.8. The molecule has 0 saturated carbocycles. The lowest BCUT2D eigenvalue weighted by molar-refractivity contribution is -0.142. The summed E-state index contributed by atoms with van der Waals surface area (Å²) in [5.41, 5.74) is -0.144. The van der Waals surface area contributed by atoms with E-state index in [-0.39, 0.29) is 11.6 Å². The van der Waals surface area contributed by atoms with Gasteiger partial charge in [0.15, 0.2) is 0 Å². The van der Waals surface area contributed by atoms with Crippen molar-refractivity contribution < 1.29 is 9.53 Å². The fraction of sp³-hybridized carbons (Fsp3) is 0.235. The molecule has 0 aromatic heterocycles. The van der Waals surface area contributed by atoms with Gasteiger partial charge < -0.3 is 4.74 Å². The second-order valence-corrected chi connectivity index (χ2v) is 7.02. The quantitative estimate of drug-likeness (QED) is 0.624. The molecule has 2 nitrogen and oxygen atoms in total. The number of esters is 1. The fourth-order valence-electron chi connectivity index (χ4n) is 2.14. The third-order valence-electron chi connectivity index (χ3n) is 3.08. The molecule has 0 heterocycles. The standard InChI is InChI=1S/C17H19O2P/c1-3-19-17(18)14(2)20(15-10-6-4-7-11-15)16-12-8-5-9-13-16/h4-14H,3H2,1-2H3. The zero-order valence-corrected chi connectivity index (χ0v) is 12.7. The number of carbonyl (C=O) groups is 1. The average molecular weight is 286 g/mol. The predicted molar refractivity (Wildman–Crippen MR) is 85.2 cm³/mol. The normalized spacial score (nSPS) is 12.2. The predicted octanol–water partition coefficient (Wildman–Crippen LogP) is 3.07. The lowest BCUT2D eigenvalue weighted by Gasteiger charge is -2.24. The van der Waals surface area contributed by atoms with Crippen LogP contribution in [0.25, 0.3) is 0 Å². The number of benzene rings is 2. The summed E-state index contributed by atoms with van der Waals surface area (Å²) in [4.78, 5) is 12.1. The molecule has 3 heteroatoms. The lowest BCUT2D eigenvalue weighted by atomic mass is 10.4. The molecule has 0 spiro atoms. The van der Waals surface area contributed by atoms with E-state index >= 15 is 0 Å². The van der Waals surface area contributed by atoms with Crippen LogP contribution in [0.2, 0.25) is 0 Å². The van der Waals surface area contributed by atoms with Crippen molar-refractivity contribution in [2.75, 3.05) is 6.61 Å². The Morgan fingerprint density at radius 2 is 1.45 bits per heavy atom.